The van der Waals surface area contributed by atoms with E-state index in [0.29, 0.717) is 23.9 Å². The molecule has 0 bridgehead atoms. The second-order valence-corrected chi connectivity index (χ2v) is 9.62. The number of aromatic nitrogens is 2. The molecule has 0 saturated carbocycles. The van der Waals surface area contributed by atoms with Crippen LogP contribution in [-0.4, -0.2) is 37.5 Å². The van der Waals surface area contributed by atoms with E-state index in [1.165, 1.54) is 25.7 Å². The Labute approximate surface area is 220 Å². The summed E-state index contributed by atoms with van der Waals surface area (Å²) in [6.45, 7) is 5.27. The van der Waals surface area contributed by atoms with Crippen molar-refractivity contribution in [3.63, 3.8) is 0 Å². The summed E-state index contributed by atoms with van der Waals surface area (Å²) in [5.41, 5.74) is 3.70. The topological polar surface area (TPSA) is 54.7 Å². The van der Waals surface area contributed by atoms with Crippen LogP contribution in [0.5, 0.6) is 23.0 Å². The van der Waals surface area contributed by atoms with Crippen LogP contribution < -0.4 is 18.9 Å². The quantitative estimate of drug-likeness (QED) is 0.175. The molecule has 1 heterocycles. The standard InChI is InChI=1S/C31H38N2O4/c1-22(2)13-9-6-7-12-18-37-25-16-17-26-27(21-25)33(31(32-26)23-14-10-8-11-15-23)24-19-28(34-3)30(36-5)29(20-24)35-4/h8,10-11,14-17,19-22H,6-7,9,12-13,18H2,1-5H3. The van der Waals surface area contributed by atoms with Crippen LogP contribution in [0.2, 0.25) is 0 Å². The van der Waals surface area contributed by atoms with Crippen molar-refractivity contribution < 1.29 is 18.9 Å². The molecule has 0 amide bonds. The third-order valence-electron chi connectivity index (χ3n) is 6.51. The molecule has 1 aromatic heterocycles. The van der Waals surface area contributed by atoms with E-state index >= 15 is 0 Å². The van der Waals surface area contributed by atoms with Crippen molar-refractivity contribution in [2.24, 2.45) is 5.92 Å². The van der Waals surface area contributed by atoms with Gasteiger partial charge in [-0.2, -0.15) is 0 Å². The molecule has 4 rings (SSSR count). The Morgan fingerprint density at radius 2 is 1.49 bits per heavy atom. The zero-order valence-corrected chi connectivity index (χ0v) is 22.6. The highest BCUT2D eigenvalue weighted by Crippen LogP contribution is 2.41. The second kappa shape index (κ2) is 12.5. The Morgan fingerprint density at radius 3 is 2.14 bits per heavy atom. The highest BCUT2D eigenvalue weighted by Gasteiger charge is 2.20. The van der Waals surface area contributed by atoms with Crippen LogP contribution in [0.3, 0.4) is 0 Å². The summed E-state index contributed by atoms with van der Waals surface area (Å²) in [6, 6.07) is 20.1. The number of benzene rings is 3. The van der Waals surface area contributed by atoms with Gasteiger partial charge in [-0.05, 0) is 24.5 Å². The zero-order chi connectivity index (χ0) is 26.2. The third kappa shape index (κ3) is 6.19. The summed E-state index contributed by atoms with van der Waals surface area (Å²) >= 11 is 0. The highest BCUT2D eigenvalue weighted by atomic mass is 16.5. The molecule has 0 N–H and O–H groups in total. The maximum atomic E-state index is 6.16. The van der Waals surface area contributed by atoms with E-state index < -0.39 is 0 Å². The minimum absolute atomic E-state index is 0.553. The first-order valence-corrected chi connectivity index (χ1v) is 13.1. The van der Waals surface area contributed by atoms with Crippen LogP contribution in [0.25, 0.3) is 28.1 Å². The smallest absolute Gasteiger partial charge is 0.203 e. The van der Waals surface area contributed by atoms with Crippen molar-refractivity contribution in [2.45, 2.75) is 46.0 Å². The minimum atomic E-state index is 0.553. The predicted molar refractivity (Wildman–Crippen MR) is 150 cm³/mol. The third-order valence-corrected chi connectivity index (χ3v) is 6.51. The van der Waals surface area contributed by atoms with Gasteiger partial charge in [-0.3, -0.25) is 4.57 Å². The lowest BCUT2D eigenvalue weighted by atomic mass is 10.0. The van der Waals surface area contributed by atoms with Gasteiger partial charge in [0, 0.05) is 23.8 Å². The molecule has 0 aliphatic heterocycles. The maximum Gasteiger partial charge on any atom is 0.203 e. The summed E-state index contributed by atoms with van der Waals surface area (Å²) < 4.78 is 25.1. The van der Waals surface area contributed by atoms with Gasteiger partial charge in [0.1, 0.15) is 11.6 Å². The molecule has 37 heavy (non-hydrogen) atoms. The molecule has 6 heteroatoms. The molecular formula is C31H38N2O4. The Kier molecular flexibility index (Phi) is 8.94. The van der Waals surface area contributed by atoms with E-state index in [1.807, 2.05) is 42.5 Å². The Morgan fingerprint density at radius 1 is 0.784 bits per heavy atom. The molecule has 6 nitrogen and oxygen atoms in total. The molecule has 4 aromatic rings. The predicted octanol–water partition coefficient (Wildman–Crippen LogP) is 7.70. The van der Waals surface area contributed by atoms with E-state index in [9.17, 15) is 0 Å². The Balaban J connectivity index is 1.69. The number of methoxy groups -OCH3 is 3. The molecular weight excluding hydrogens is 464 g/mol. The van der Waals surface area contributed by atoms with E-state index in [4.69, 9.17) is 23.9 Å². The number of hydrogen-bond donors (Lipinski definition) is 0. The number of unbranched alkanes of at least 4 members (excludes halogenated alkanes) is 3. The lowest BCUT2D eigenvalue weighted by molar-refractivity contribution is 0.304. The summed E-state index contributed by atoms with van der Waals surface area (Å²) in [4.78, 5) is 4.99. The molecule has 0 spiro atoms. The van der Waals surface area contributed by atoms with Crippen LogP contribution in [0.4, 0.5) is 0 Å². The first-order valence-electron chi connectivity index (χ1n) is 13.1. The first kappa shape index (κ1) is 26.4. The molecule has 3 aromatic carbocycles. The van der Waals surface area contributed by atoms with Crippen LogP contribution >= 0.6 is 0 Å². The lowest BCUT2D eigenvalue weighted by Crippen LogP contribution is -2.02. The van der Waals surface area contributed by atoms with Gasteiger partial charge < -0.3 is 18.9 Å². The van der Waals surface area contributed by atoms with Crippen molar-refractivity contribution in [2.75, 3.05) is 27.9 Å². The van der Waals surface area contributed by atoms with E-state index in [0.717, 1.165) is 46.2 Å². The fourth-order valence-corrected chi connectivity index (χ4v) is 4.58. The van der Waals surface area contributed by atoms with Gasteiger partial charge in [0.25, 0.3) is 0 Å². The highest BCUT2D eigenvalue weighted by molar-refractivity contribution is 5.85. The summed E-state index contributed by atoms with van der Waals surface area (Å²) in [5, 5.41) is 0. The number of hydrogen-bond acceptors (Lipinski definition) is 5. The maximum absolute atomic E-state index is 6.16. The Hall–Kier alpha value is -3.67. The summed E-state index contributed by atoms with van der Waals surface area (Å²) in [7, 11) is 4.86. The van der Waals surface area contributed by atoms with Crippen molar-refractivity contribution in [1.82, 2.24) is 9.55 Å². The van der Waals surface area contributed by atoms with Gasteiger partial charge in [0.05, 0.1) is 44.7 Å². The Bertz CT molecular complexity index is 1270. The van der Waals surface area contributed by atoms with Gasteiger partial charge in [-0.15, -0.1) is 0 Å². The molecule has 0 radical (unpaired) electrons. The number of ether oxygens (including phenoxy) is 4. The van der Waals surface area contributed by atoms with Gasteiger partial charge in [-0.25, -0.2) is 4.98 Å². The average molecular weight is 503 g/mol. The monoisotopic (exact) mass is 502 g/mol. The van der Waals surface area contributed by atoms with Crippen molar-refractivity contribution >= 4 is 11.0 Å². The fourth-order valence-electron chi connectivity index (χ4n) is 4.58. The largest absolute Gasteiger partial charge is 0.494 e. The molecule has 0 fully saturated rings. The van der Waals surface area contributed by atoms with Gasteiger partial charge in [0.2, 0.25) is 5.75 Å². The number of imidazole rings is 1. The number of fused-ring (bicyclic) bond motifs is 1. The van der Waals surface area contributed by atoms with Crippen molar-refractivity contribution in [3.05, 3.63) is 60.7 Å². The first-order chi connectivity index (χ1) is 18.0. The molecule has 0 aliphatic carbocycles. The molecule has 0 atom stereocenters. The number of rotatable bonds is 13. The summed E-state index contributed by atoms with van der Waals surface area (Å²) in [6.07, 6.45) is 6.09. The van der Waals surface area contributed by atoms with Crippen LogP contribution in [-0.2, 0) is 0 Å². The number of nitrogens with zero attached hydrogens (tertiary/aromatic N) is 2. The molecule has 196 valence electrons. The minimum Gasteiger partial charge on any atom is -0.494 e. The second-order valence-electron chi connectivity index (χ2n) is 9.62. The SMILES string of the molecule is COc1cc(-n2c(-c3ccccc3)nc3ccc(OCCCCCCC(C)C)cc32)cc(OC)c1OC. The average Bonchev–Trinajstić information content (AvgIpc) is 3.30. The van der Waals surface area contributed by atoms with Crippen LogP contribution in [0.1, 0.15) is 46.0 Å². The van der Waals surface area contributed by atoms with Gasteiger partial charge in [0.15, 0.2) is 11.5 Å². The lowest BCUT2D eigenvalue weighted by Gasteiger charge is -2.16. The summed E-state index contributed by atoms with van der Waals surface area (Å²) in [5.74, 6) is 4.16. The fraction of sp³-hybridized carbons (Fsp3) is 0.387. The van der Waals surface area contributed by atoms with E-state index in [-0.39, 0.29) is 0 Å². The molecule has 0 saturated heterocycles. The van der Waals surface area contributed by atoms with Gasteiger partial charge >= 0.3 is 0 Å². The van der Waals surface area contributed by atoms with Crippen molar-refractivity contribution in [1.29, 1.82) is 0 Å². The van der Waals surface area contributed by atoms with Crippen molar-refractivity contribution in [3.8, 4) is 40.1 Å². The van der Waals surface area contributed by atoms with Crippen LogP contribution in [0, 0.1) is 5.92 Å². The van der Waals surface area contributed by atoms with Crippen LogP contribution in [0.15, 0.2) is 60.7 Å². The normalized spacial score (nSPS) is 11.2. The van der Waals surface area contributed by atoms with E-state index in [2.05, 4.69) is 36.6 Å². The zero-order valence-electron chi connectivity index (χ0n) is 22.6. The molecule has 0 unspecified atom stereocenters. The van der Waals surface area contributed by atoms with Gasteiger partial charge in [-0.1, -0.05) is 69.9 Å². The molecule has 0 aliphatic rings. The van der Waals surface area contributed by atoms with E-state index in [1.54, 1.807) is 21.3 Å².